The van der Waals surface area contributed by atoms with Crippen molar-refractivity contribution in [2.24, 2.45) is 0 Å². The van der Waals surface area contributed by atoms with Crippen molar-refractivity contribution in [2.45, 2.75) is 464 Å². The zero-order chi connectivity index (χ0) is 56.4. The minimum Gasteiger partial charge on any atom is -0.0654 e. The number of hydrogen-bond acceptors (Lipinski definition) is 0. The summed E-state index contributed by atoms with van der Waals surface area (Å²) in [5.74, 6) is 0. The van der Waals surface area contributed by atoms with E-state index in [1.165, 1.54) is 411 Å². The summed E-state index contributed by atoms with van der Waals surface area (Å²) < 4.78 is -1.77. The first-order chi connectivity index (χ1) is 38.5. The maximum absolute atomic E-state index is 3.35. The van der Waals surface area contributed by atoms with Gasteiger partial charge in [0.25, 0.3) is 0 Å². The fourth-order valence-electron chi connectivity index (χ4n) is 13.6. The van der Waals surface area contributed by atoms with E-state index in [1.807, 2.05) is 0 Å². The molecule has 0 aliphatic heterocycles. The fraction of sp³-hybridized carbons (Fsp3) is 1.00. The molecule has 0 heterocycles. The molecule has 0 aromatic rings. The van der Waals surface area contributed by atoms with Crippen LogP contribution in [0.1, 0.15) is 464 Å². The number of rotatable bonds is 72. The van der Waals surface area contributed by atoms with E-state index < -0.39 is 4.25 Å². The summed E-state index contributed by atoms with van der Waals surface area (Å²) >= 11 is 3.35. The van der Waals surface area contributed by atoms with Crippen LogP contribution >= 0.6 is 26.3 Å². The second-order valence-electron chi connectivity index (χ2n) is 27.3. The van der Waals surface area contributed by atoms with Crippen LogP contribution in [-0.4, -0.2) is 24.6 Å². The fourth-order valence-corrected chi connectivity index (χ4v) is 23.1. The third-order valence-electron chi connectivity index (χ3n) is 19.3. The normalized spacial score (nSPS) is 12.6. The van der Waals surface area contributed by atoms with Crippen LogP contribution in [-0.2, 0) is 0 Å². The molecule has 0 aliphatic carbocycles. The van der Waals surface area contributed by atoms with E-state index in [0.29, 0.717) is 0 Å². The van der Waals surface area contributed by atoms with Crippen molar-refractivity contribution in [3.8, 4) is 0 Å². The van der Waals surface area contributed by atoms with Crippen molar-refractivity contribution in [1.29, 1.82) is 0 Å². The first-order valence-electron chi connectivity index (χ1n) is 38.3. The number of halogens is 1. The second kappa shape index (κ2) is 67.3. The molecule has 0 atom stereocenters. The minimum absolute atomic E-state index is 1.37. The van der Waals surface area contributed by atoms with Crippen molar-refractivity contribution in [2.75, 3.05) is 24.6 Å². The Morgan fingerprint density at radius 2 is 0.205 bits per heavy atom. The molecule has 0 saturated carbocycles. The molecule has 2 heteroatoms. The Kier molecular flexibility index (Phi) is 68.3. The van der Waals surface area contributed by atoms with Gasteiger partial charge in [-0.15, -0.1) is 0 Å². The Morgan fingerprint density at radius 1 is 0.128 bits per heavy atom. The van der Waals surface area contributed by atoms with Crippen LogP contribution in [0.15, 0.2) is 0 Å². The van der Waals surface area contributed by atoms with Gasteiger partial charge in [0.05, 0.1) is 0 Å². The molecule has 0 aromatic heterocycles. The first-order valence-corrected chi connectivity index (χ1v) is 44.0. The van der Waals surface area contributed by atoms with Gasteiger partial charge in [-0.3, -0.25) is 0 Å². The molecular weight excluding hydrogens is 1070 g/mol. The summed E-state index contributed by atoms with van der Waals surface area (Å²) in [5.41, 5.74) is 0. The standard InChI is InChI=1S/C76H156IP/c1-5-9-13-17-21-25-29-33-37-41-45-49-53-57-61-65-69-73-78(77,74-70-66-62-58-54-50-46-42-38-34-30-26-22-18-14-10-6-2,75-71-67-63-59-55-51-47-43-39-35-31-27-23-19-15-11-7-3)76-72-68-64-60-56-52-48-44-40-36-32-28-24-20-16-12-8-4/h5-76H2,1-4H3. The van der Waals surface area contributed by atoms with Crippen LogP contribution in [0.3, 0.4) is 0 Å². The van der Waals surface area contributed by atoms with E-state index >= 15 is 0 Å². The van der Waals surface area contributed by atoms with Crippen LogP contribution in [0.2, 0.25) is 0 Å². The third-order valence-corrected chi connectivity index (χ3v) is 30.8. The second-order valence-corrected chi connectivity index (χ2v) is 41.0. The predicted octanol–water partition coefficient (Wildman–Crippen LogP) is 30.5. The van der Waals surface area contributed by atoms with Gasteiger partial charge in [0.1, 0.15) is 0 Å². The van der Waals surface area contributed by atoms with E-state index in [9.17, 15) is 0 Å². The summed E-state index contributed by atoms with van der Waals surface area (Å²) in [6.07, 6.45) is 108. The van der Waals surface area contributed by atoms with Crippen molar-refractivity contribution >= 4 is 26.3 Å². The zero-order valence-electron chi connectivity index (χ0n) is 55.7. The molecule has 0 radical (unpaired) electrons. The van der Waals surface area contributed by atoms with Gasteiger partial charge in [-0.1, -0.05) is 182 Å². The molecule has 0 unspecified atom stereocenters. The monoisotopic (exact) mass is 1230 g/mol. The van der Waals surface area contributed by atoms with Gasteiger partial charge in [-0.2, -0.15) is 0 Å². The Labute approximate surface area is 511 Å². The average molecular weight is 1230 g/mol. The van der Waals surface area contributed by atoms with Crippen LogP contribution in [0.4, 0.5) is 0 Å². The molecule has 0 spiro atoms. The van der Waals surface area contributed by atoms with Crippen molar-refractivity contribution < 1.29 is 0 Å². The van der Waals surface area contributed by atoms with Gasteiger partial charge in [0.15, 0.2) is 0 Å². The topological polar surface area (TPSA) is 0 Å². The van der Waals surface area contributed by atoms with Crippen molar-refractivity contribution in [1.82, 2.24) is 0 Å². The van der Waals surface area contributed by atoms with E-state index in [-0.39, 0.29) is 0 Å². The van der Waals surface area contributed by atoms with Gasteiger partial charge in [0, 0.05) is 0 Å². The molecular formula is C76H156IP. The molecule has 0 aromatic carbocycles. The van der Waals surface area contributed by atoms with E-state index in [2.05, 4.69) is 49.7 Å². The molecule has 0 rings (SSSR count). The van der Waals surface area contributed by atoms with E-state index in [4.69, 9.17) is 0 Å². The number of hydrogen-bond donors (Lipinski definition) is 0. The van der Waals surface area contributed by atoms with Crippen LogP contribution in [0.5, 0.6) is 0 Å². The average Bonchev–Trinajstić information content (AvgIpc) is 3.49. The molecule has 0 bridgehead atoms. The van der Waals surface area contributed by atoms with Gasteiger partial charge in [-0.05, 0) is 0 Å². The van der Waals surface area contributed by atoms with Crippen LogP contribution in [0, 0.1) is 0 Å². The molecule has 0 nitrogen and oxygen atoms in total. The summed E-state index contributed by atoms with van der Waals surface area (Å²) in [6.45, 7) is 9.34. The third kappa shape index (κ3) is 61.7. The quantitative estimate of drug-likeness (QED) is 0.0323. The Morgan fingerprint density at radius 3 is 0.295 bits per heavy atom. The van der Waals surface area contributed by atoms with Crippen LogP contribution in [0.25, 0.3) is 0 Å². The van der Waals surface area contributed by atoms with E-state index in [1.54, 1.807) is 50.3 Å². The molecule has 0 fully saturated rings. The van der Waals surface area contributed by atoms with Crippen LogP contribution < -0.4 is 0 Å². The molecule has 472 valence electrons. The Hall–Kier alpha value is 1.16. The van der Waals surface area contributed by atoms with Gasteiger partial charge >= 0.3 is 333 Å². The zero-order valence-corrected chi connectivity index (χ0v) is 58.8. The van der Waals surface area contributed by atoms with Crippen molar-refractivity contribution in [3.05, 3.63) is 0 Å². The predicted molar refractivity (Wildman–Crippen MR) is 377 cm³/mol. The molecule has 0 saturated heterocycles. The molecule has 0 N–H and O–H groups in total. The maximum atomic E-state index is 3.35. The first kappa shape index (κ1) is 79.2. The molecule has 0 aliphatic rings. The summed E-state index contributed by atoms with van der Waals surface area (Å²) in [7, 11) is 0. The van der Waals surface area contributed by atoms with Crippen molar-refractivity contribution in [3.63, 3.8) is 0 Å². The van der Waals surface area contributed by atoms with Gasteiger partial charge < -0.3 is 0 Å². The molecule has 0 amide bonds. The Balaban J connectivity index is 5.09. The summed E-state index contributed by atoms with van der Waals surface area (Å²) in [5, 5.41) is 0. The smallest absolute Gasteiger partial charge is 0.0654 e. The Bertz CT molecular complexity index is 891. The van der Waals surface area contributed by atoms with Gasteiger partial charge in [0.2, 0.25) is 0 Å². The van der Waals surface area contributed by atoms with E-state index in [0.717, 1.165) is 0 Å². The number of unbranched alkanes of at least 4 members (excludes halogenated alkanes) is 64. The minimum atomic E-state index is -1.77. The van der Waals surface area contributed by atoms with Gasteiger partial charge in [-0.25, -0.2) is 0 Å². The summed E-state index contributed by atoms with van der Waals surface area (Å²) in [6, 6.07) is 0. The SMILES string of the molecule is CCCCCCCCCCCCCCCCCCCP(I)(CCCCCCCCCCCCCCCCCCC)(CCCCCCCCCCCCCCCCCCC)CCCCCCCCCCCCCCCCCCC. The molecule has 78 heavy (non-hydrogen) atoms. The summed E-state index contributed by atoms with van der Waals surface area (Å²) in [4.78, 5) is 0.